The maximum Gasteiger partial charge on any atom is 0.407 e. The van der Waals surface area contributed by atoms with Crippen LogP contribution in [0, 0.1) is 0 Å². The smallest absolute Gasteiger partial charge is 0.407 e. The van der Waals surface area contributed by atoms with Crippen molar-refractivity contribution >= 4 is 23.6 Å². The molecule has 0 fully saturated rings. The van der Waals surface area contributed by atoms with E-state index in [1.165, 1.54) is 18.7 Å². The number of aromatic nitrogens is 4. The number of halogens is 1. The summed E-state index contributed by atoms with van der Waals surface area (Å²) in [6, 6.07) is 9.32. The van der Waals surface area contributed by atoms with Crippen molar-refractivity contribution in [2.45, 2.75) is 39.3 Å². The second kappa shape index (κ2) is 10.7. The normalized spacial score (nSPS) is 11.0. The van der Waals surface area contributed by atoms with Crippen molar-refractivity contribution < 1.29 is 14.3 Å². The van der Waals surface area contributed by atoms with E-state index >= 15 is 0 Å². The van der Waals surface area contributed by atoms with E-state index in [0.29, 0.717) is 42.1 Å². The van der Waals surface area contributed by atoms with Crippen molar-refractivity contribution in [3.05, 3.63) is 65.3 Å². The molecule has 0 aliphatic carbocycles. The highest BCUT2D eigenvalue weighted by Gasteiger charge is 2.15. The molecule has 1 amide bonds. The maximum absolute atomic E-state index is 11.7. The van der Waals surface area contributed by atoms with E-state index in [-0.39, 0.29) is 0 Å². The van der Waals surface area contributed by atoms with Crippen LogP contribution >= 0.6 is 11.6 Å². The summed E-state index contributed by atoms with van der Waals surface area (Å²) in [5, 5.41) is 6.28. The number of benzene rings is 1. The molecule has 0 aliphatic rings. The molecule has 168 valence electrons. The average molecular weight is 457 g/mol. The first-order valence-corrected chi connectivity index (χ1v) is 10.4. The lowest BCUT2D eigenvalue weighted by molar-refractivity contribution is 0.0528. The Labute approximate surface area is 191 Å². The molecular formula is C22H25ClN6O3. The summed E-state index contributed by atoms with van der Waals surface area (Å²) in [7, 11) is 0. The van der Waals surface area contributed by atoms with Crippen molar-refractivity contribution in [1.29, 1.82) is 0 Å². The lowest BCUT2D eigenvalue weighted by Crippen LogP contribution is -2.33. The number of carbonyl (C=O) groups is 1. The number of rotatable bonds is 8. The van der Waals surface area contributed by atoms with Gasteiger partial charge in [0.15, 0.2) is 0 Å². The molecule has 0 bridgehead atoms. The largest absolute Gasteiger partial charge is 0.444 e. The minimum absolute atomic E-state index is 0.407. The molecule has 0 radical (unpaired) electrons. The zero-order chi connectivity index (χ0) is 23.0. The number of anilines is 1. The number of amides is 1. The van der Waals surface area contributed by atoms with E-state index in [4.69, 9.17) is 21.1 Å². The van der Waals surface area contributed by atoms with Crippen LogP contribution in [0.5, 0.6) is 11.6 Å². The van der Waals surface area contributed by atoms with Crippen LogP contribution in [0.1, 0.15) is 32.0 Å². The number of hydrogen-bond acceptors (Lipinski definition) is 8. The number of nitrogens with zero attached hydrogens (tertiary/aromatic N) is 4. The van der Waals surface area contributed by atoms with E-state index in [2.05, 4.69) is 30.6 Å². The molecular weight excluding hydrogens is 432 g/mol. The van der Waals surface area contributed by atoms with Gasteiger partial charge in [0.2, 0.25) is 11.8 Å². The molecule has 1 aromatic carbocycles. The number of nitrogens with one attached hydrogen (secondary N) is 2. The van der Waals surface area contributed by atoms with Crippen molar-refractivity contribution in [2.24, 2.45) is 0 Å². The highest BCUT2D eigenvalue weighted by Crippen LogP contribution is 2.20. The molecule has 9 nitrogen and oxygen atoms in total. The van der Waals surface area contributed by atoms with Crippen molar-refractivity contribution in [3.8, 4) is 11.6 Å². The van der Waals surface area contributed by atoms with Crippen molar-refractivity contribution in [1.82, 2.24) is 25.3 Å². The fourth-order valence-corrected chi connectivity index (χ4v) is 2.67. The first kappa shape index (κ1) is 23.2. The molecule has 0 spiro atoms. The number of alkyl carbamates (subject to hydrolysis) is 1. The van der Waals surface area contributed by atoms with Gasteiger partial charge in [-0.1, -0.05) is 23.7 Å². The number of carbonyl (C=O) groups excluding carboxylic acids is 1. The van der Waals surface area contributed by atoms with Crippen LogP contribution in [-0.4, -0.2) is 38.2 Å². The fraction of sp³-hybridized carbons (Fsp3) is 0.318. The summed E-state index contributed by atoms with van der Waals surface area (Å²) in [5.74, 6) is 1.52. The summed E-state index contributed by atoms with van der Waals surface area (Å²) in [6.45, 7) is 6.38. The van der Waals surface area contributed by atoms with Crippen LogP contribution in [0.25, 0.3) is 0 Å². The lowest BCUT2D eigenvalue weighted by Gasteiger charge is -2.19. The summed E-state index contributed by atoms with van der Waals surface area (Å²) >= 11 is 5.78. The minimum atomic E-state index is -0.510. The zero-order valence-electron chi connectivity index (χ0n) is 18.1. The summed E-state index contributed by atoms with van der Waals surface area (Å²) in [6.07, 6.45) is 4.72. The van der Waals surface area contributed by atoms with E-state index in [1.54, 1.807) is 6.07 Å². The molecule has 2 N–H and O–H groups in total. The summed E-state index contributed by atoms with van der Waals surface area (Å²) < 4.78 is 11.0. The molecule has 2 heterocycles. The topological polar surface area (TPSA) is 111 Å². The van der Waals surface area contributed by atoms with Crippen LogP contribution in [0.15, 0.2) is 49.1 Å². The van der Waals surface area contributed by atoms with Crippen LogP contribution in [0.2, 0.25) is 5.02 Å². The Morgan fingerprint density at radius 2 is 1.78 bits per heavy atom. The average Bonchev–Trinajstić information content (AvgIpc) is 2.74. The van der Waals surface area contributed by atoms with Gasteiger partial charge >= 0.3 is 6.09 Å². The first-order valence-electron chi connectivity index (χ1n) is 10.0. The molecule has 3 rings (SSSR count). The standard InChI is InChI=1S/C22H25ClN6O3/c1-22(2,3)32-21(30)24-9-8-15-4-6-18(7-5-15)31-19-10-17(28-14-29-19)13-27-20-25-11-16(23)12-26-20/h4-7,10-12,14H,8-9,13H2,1-3H3,(H,24,30)(H,25,26,27). The van der Waals surface area contributed by atoms with Gasteiger partial charge < -0.3 is 20.1 Å². The van der Waals surface area contributed by atoms with Gasteiger partial charge in [0.1, 0.15) is 17.7 Å². The Balaban J connectivity index is 1.48. The lowest BCUT2D eigenvalue weighted by atomic mass is 10.1. The molecule has 0 saturated heterocycles. The molecule has 3 aromatic rings. The second-order valence-corrected chi connectivity index (χ2v) is 8.29. The summed E-state index contributed by atoms with van der Waals surface area (Å²) in [4.78, 5) is 28.2. The van der Waals surface area contributed by atoms with Gasteiger partial charge in [0.25, 0.3) is 0 Å². The molecule has 0 unspecified atom stereocenters. The van der Waals surface area contributed by atoms with Gasteiger partial charge in [-0.3, -0.25) is 0 Å². The van der Waals surface area contributed by atoms with Gasteiger partial charge in [-0.25, -0.2) is 24.7 Å². The Bertz CT molecular complexity index is 1020. The van der Waals surface area contributed by atoms with E-state index < -0.39 is 11.7 Å². The van der Waals surface area contributed by atoms with Crippen LogP contribution in [-0.2, 0) is 17.7 Å². The predicted molar refractivity (Wildman–Crippen MR) is 121 cm³/mol. The van der Waals surface area contributed by atoms with Crippen LogP contribution in [0.4, 0.5) is 10.7 Å². The molecule has 10 heteroatoms. The number of ether oxygens (including phenoxy) is 2. The summed E-state index contributed by atoms with van der Waals surface area (Å²) in [5.41, 5.74) is 1.27. The van der Waals surface area contributed by atoms with Gasteiger partial charge in [-0.05, 0) is 44.9 Å². The highest BCUT2D eigenvalue weighted by molar-refractivity contribution is 6.30. The quantitative estimate of drug-likeness (QED) is 0.513. The van der Waals surface area contributed by atoms with E-state index in [9.17, 15) is 4.79 Å². The molecule has 0 saturated carbocycles. The Hall–Kier alpha value is -3.46. The zero-order valence-corrected chi connectivity index (χ0v) is 18.9. The van der Waals surface area contributed by atoms with E-state index in [1.807, 2.05) is 45.0 Å². The molecule has 0 atom stereocenters. The van der Waals surface area contributed by atoms with Crippen molar-refractivity contribution in [3.63, 3.8) is 0 Å². The molecule has 0 aliphatic heterocycles. The maximum atomic E-state index is 11.7. The van der Waals surface area contributed by atoms with Gasteiger partial charge in [-0.15, -0.1) is 0 Å². The van der Waals surface area contributed by atoms with Crippen molar-refractivity contribution in [2.75, 3.05) is 11.9 Å². The third-order valence-electron chi connectivity index (χ3n) is 3.97. The Morgan fingerprint density at radius 1 is 1.06 bits per heavy atom. The van der Waals surface area contributed by atoms with Crippen LogP contribution < -0.4 is 15.4 Å². The van der Waals surface area contributed by atoms with Gasteiger partial charge in [0.05, 0.1) is 29.7 Å². The Kier molecular flexibility index (Phi) is 7.77. The van der Waals surface area contributed by atoms with Crippen LogP contribution in [0.3, 0.4) is 0 Å². The second-order valence-electron chi connectivity index (χ2n) is 7.85. The monoisotopic (exact) mass is 456 g/mol. The Morgan fingerprint density at radius 3 is 2.47 bits per heavy atom. The number of hydrogen-bond donors (Lipinski definition) is 2. The predicted octanol–water partition coefficient (Wildman–Crippen LogP) is 4.39. The first-order chi connectivity index (χ1) is 15.3. The van der Waals surface area contributed by atoms with Gasteiger partial charge in [-0.2, -0.15) is 0 Å². The molecule has 2 aromatic heterocycles. The fourth-order valence-electron chi connectivity index (χ4n) is 2.57. The SMILES string of the molecule is CC(C)(C)OC(=O)NCCc1ccc(Oc2cc(CNc3ncc(Cl)cn3)ncn2)cc1. The van der Waals surface area contributed by atoms with E-state index in [0.717, 1.165) is 11.3 Å². The molecule has 32 heavy (non-hydrogen) atoms. The minimum Gasteiger partial charge on any atom is -0.444 e. The highest BCUT2D eigenvalue weighted by atomic mass is 35.5. The third kappa shape index (κ3) is 7.99. The van der Waals surface area contributed by atoms with Gasteiger partial charge in [0, 0.05) is 12.6 Å². The third-order valence-corrected chi connectivity index (χ3v) is 4.17.